The van der Waals surface area contributed by atoms with Crippen LogP contribution in [0.4, 0.5) is 0 Å². The molecule has 2 atom stereocenters. The predicted molar refractivity (Wildman–Crippen MR) is 49.4 cm³/mol. The van der Waals surface area contributed by atoms with Gasteiger partial charge < -0.3 is 9.84 Å². The van der Waals surface area contributed by atoms with E-state index in [1.54, 1.807) is 0 Å². The number of Topliss-reactive ketones (excluding diaryl/α,β-unsaturated/α-hetero) is 1. The maximum absolute atomic E-state index is 11.4. The molecule has 1 rings (SSSR count). The molecule has 0 aromatic heterocycles. The number of ketones is 1. The van der Waals surface area contributed by atoms with Gasteiger partial charge >= 0.3 is 0 Å². The molecular weight excluding hydrogens is 168 g/mol. The van der Waals surface area contributed by atoms with Crippen LogP contribution in [-0.2, 0) is 9.53 Å². The van der Waals surface area contributed by atoms with Crippen LogP contribution < -0.4 is 0 Å². The fourth-order valence-electron chi connectivity index (χ4n) is 1.38. The second-order valence-electron chi connectivity index (χ2n) is 3.22. The van der Waals surface area contributed by atoms with Crippen molar-refractivity contribution in [2.24, 2.45) is 0 Å². The van der Waals surface area contributed by atoms with Gasteiger partial charge in [-0.25, -0.2) is 0 Å². The molecule has 3 nitrogen and oxygen atoms in total. The fourth-order valence-corrected chi connectivity index (χ4v) is 1.38. The van der Waals surface area contributed by atoms with Crippen molar-refractivity contribution in [3.63, 3.8) is 0 Å². The van der Waals surface area contributed by atoms with Crippen molar-refractivity contribution in [1.82, 2.24) is 0 Å². The van der Waals surface area contributed by atoms with Crippen LogP contribution in [-0.4, -0.2) is 29.7 Å². The maximum atomic E-state index is 11.4. The Hall–Kier alpha value is -0.670. The van der Waals surface area contributed by atoms with E-state index in [0.717, 1.165) is 0 Å². The lowest BCUT2D eigenvalue weighted by Gasteiger charge is -2.22. The molecule has 0 unspecified atom stereocenters. The largest absolute Gasteiger partial charge is 0.394 e. The number of aliphatic hydroxyl groups is 1. The van der Waals surface area contributed by atoms with Crippen LogP contribution in [0.2, 0.25) is 0 Å². The van der Waals surface area contributed by atoms with Gasteiger partial charge in [-0.3, -0.25) is 4.79 Å². The highest BCUT2D eigenvalue weighted by Crippen LogP contribution is 2.12. The van der Waals surface area contributed by atoms with Crippen LogP contribution in [0.1, 0.15) is 26.2 Å². The Labute approximate surface area is 78.4 Å². The van der Waals surface area contributed by atoms with Crippen molar-refractivity contribution < 1.29 is 14.6 Å². The Morgan fingerprint density at radius 1 is 1.62 bits per heavy atom. The third-order valence-electron chi connectivity index (χ3n) is 2.17. The fraction of sp³-hybridized carbons (Fsp3) is 0.700. The summed E-state index contributed by atoms with van der Waals surface area (Å²) in [5.41, 5.74) is 0. The smallest absolute Gasteiger partial charge is 0.165 e. The van der Waals surface area contributed by atoms with Crippen molar-refractivity contribution in [2.75, 3.05) is 6.61 Å². The molecule has 1 N–H and O–H groups in total. The van der Waals surface area contributed by atoms with Crippen LogP contribution in [0.15, 0.2) is 12.2 Å². The minimum absolute atomic E-state index is 0.0197. The van der Waals surface area contributed by atoms with Gasteiger partial charge in [0.2, 0.25) is 0 Å². The van der Waals surface area contributed by atoms with E-state index in [1.807, 2.05) is 19.1 Å². The van der Waals surface area contributed by atoms with Crippen LogP contribution in [0.5, 0.6) is 0 Å². The molecule has 0 aliphatic carbocycles. The van der Waals surface area contributed by atoms with Crippen molar-refractivity contribution in [1.29, 1.82) is 0 Å². The molecule has 0 saturated carbocycles. The third-order valence-corrected chi connectivity index (χ3v) is 2.17. The highest BCUT2D eigenvalue weighted by molar-refractivity contribution is 5.84. The van der Waals surface area contributed by atoms with Gasteiger partial charge in [-0.15, -0.1) is 0 Å². The first kappa shape index (κ1) is 10.4. The molecule has 1 aliphatic heterocycles. The van der Waals surface area contributed by atoms with Crippen LogP contribution in [0, 0.1) is 0 Å². The van der Waals surface area contributed by atoms with E-state index in [-0.39, 0.29) is 24.6 Å². The standard InChI is InChI=1S/C10H16O3/c1-2-10-9(12)6-4-3-5-8(7-11)13-10/h3-4,8,10-11H,2,5-7H2,1H3/b4-3-/t8-,10+/m0/s1. The molecule has 74 valence electrons. The number of hydrogen-bond acceptors (Lipinski definition) is 3. The minimum atomic E-state index is -0.331. The van der Waals surface area contributed by atoms with Gasteiger partial charge in [0.15, 0.2) is 5.78 Å². The average Bonchev–Trinajstić information content (AvgIpc) is 2.13. The number of carbonyl (C=O) groups is 1. The molecule has 0 aromatic rings. The molecule has 0 fully saturated rings. The zero-order chi connectivity index (χ0) is 9.68. The molecular formula is C10H16O3. The number of aliphatic hydroxyl groups excluding tert-OH is 1. The summed E-state index contributed by atoms with van der Waals surface area (Å²) < 4.78 is 5.45. The molecule has 0 aromatic carbocycles. The first-order valence-electron chi connectivity index (χ1n) is 4.72. The molecule has 0 bridgehead atoms. The van der Waals surface area contributed by atoms with Crippen molar-refractivity contribution >= 4 is 5.78 Å². The zero-order valence-electron chi connectivity index (χ0n) is 7.90. The Morgan fingerprint density at radius 3 is 3.00 bits per heavy atom. The Morgan fingerprint density at radius 2 is 2.38 bits per heavy atom. The summed E-state index contributed by atoms with van der Waals surface area (Å²) in [6.45, 7) is 1.90. The first-order chi connectivity index (χ1) is 6.27. The normalized spacial score (nSPS) is 32.3. The number of rotatable bonds is 2. The monoisotopic (exact) mass is 184 g/mol. The molecule has 0 saturated heterocycles. The quantitative estimate of drug-likeness (QED) is 0.653. The topological polar surface area (TPSA) is 46.5 Å². The second-order valence-corrected chi connectivity index (χ2v) is 3.22. The first-order valence-corrected chi connectivity index (χ1v) is 4.72. The maximum Gasteiger partial charge on any atom is 0.165 e. The van der Waals surface area contributed by atoms with Gasteiger partial charge in [0, 0.05) is 6.42 Å². The lowest BCUT2D eigenvalue weighted by atomic mass is 10.1. The number of allylic oxidation sites excluding steroid dienone is 1. The van der Waals surface area contributed by atoms with E-state index in [9.17, 15) is 4.79 Å². The van der Waals surface area contributed by atoms with Crippen molar-refractivity contribution in [3.05, 3.63) is 12.2 Å². The Kier molecular flexibility index (Phi) is 4.12. The lowest BCUT2D eigenvalue weighted by Crippen LogP contribution is -2.31. The van der Waals surface area contributed by atoms with Crippen LogP contribution in [0.3, 0.4) is 0 Å². The highest BCUT2D eigenvalue weighted by atomic mass is 16.5. The van der Waals surface area contributed by atoms with Crippen molar-refractivity contribution in [2.45, 2.75) is 38.4 Å². The number of hydrogen-bond donors (Lipinski definition) is 1. The molecule has 0 amide bonds. The van der Waals surface area contributed by atoms with Gasteiger partial charge in [-0.2, -0.15) is 0 Å². The summed E-state index contributed by atoms with van der Waals surface area (Å²) >= 11 is 0. The van der Waals surface area contributed by atoms with Gasteiger partial charge in [0.1, 0.15) is 6.10 Å². The molecule has 0 spiro atoms. The summed E-state index contributed by atoms with van der Waals surface area (Å²) in [5.74, 6) is 0.108. The van der Waals surface area contributed by atoms with Crippen molar-refractivity contribution in [3.8, 4) is 0 Å². The SMILES string of the molecule is CC[C@H]1O[C@H](CO)C/C=C\CC1=O. The highest BCUT2D eigenvalue weighted by Gasteiger charge is 2.21. The average molecular weight is 184 g/mol. The van der Waals surface area contributed by atoms with E-state index < -0.39 is 0 Å². The molecule has 1 heterocycles. The summed E-state index contributed by atoms with van der Waals surface area (Å²) in [6.07, 6.45) is 5.04. The third kappa shape index (κ3) is 2.94. The molecule has 0 radical (unpaired) electrons. The zero-order valence-corrected chi connectivity index (χ0v) is 7.90. The van der Waals surface area contributed by atoms with E-state index in [2.05, 4.69) is 0 Å². The second kappa shape index (κ2) is 5.14. The van der Waals surface area contributed by atoms with Crippen LogP contribution in [0.25, 0.3) is 0 Å². The molecule has 13 heavy (non-hydrogen) atoms. The number of ether oxygens (including phenoxy) is 1. The summed E-state index contributed by atoms with van der Waals surface area (Å²) in [4.78, 5) is 11.4. The van der Waals surface area contributed by atoms with Gasteiger partial charge in [0.05, 0.1) is 12.7 Å². The molecule has 1 aliphatic rings. The van der Waals surface area contributed by atoms with E-state index in [0.29, 0.717) is 19.3 Å². The summed E-state index contributed by atoms with van der Waals surface area (Å²) in [5, 5.41) is 8.94. The Balaban J connectivity index is 2.62. The summed E-state index contributed by atoms with van der Waals surface area (Å²) in [7, 11) is 0. The lowest BCUT2D eigenvalue weighted by molar-refractivity contribution is -0.135. The van der Waals surface area contributed by atoms with Gasteiger partial charge in [0.25, 0.3) is 0 Å². The number of carbonyl (C=O) groups excluding carboxylic acids is 1. The predicted octanol–water partition coefficient (Wildman–Crippen LogP) is 1.06. The van der Waals surface area contributed by atoms with Gasteiger partial charge in [-0.1, -0.05) is 19.1 Å². The Bertz CT molecular complexity index is 198. The van der Waals surface area contributed by atoms with Crippen LogP contribution >= 0.6 is 0 Å². The summed E-state index contributed by atoms with van der Waals surface area (Å²) in [6, 6.07) is 0. The van der Waals surface area contributed by atoms with E-state index in [1.165, 1.54) is 0 Å². The van der Waals surface area contributed by atoms with E-state index in [4.69, 9.17) is 9.84 Å². The minimum Gasteiger partial charge on any atom is -0.394 e. The van der Waals surface area contributed by atoms with E-state index >= 15 is 0 Å². The van der Waals surface area contributed by atoms with Gasteiger partial charge in [-0.05, 0) is 12.8 Å². The molecule has 3 heteroatoms.